The molecule has 0 aliphatic rings. The minimum atomic E-state index is -0.219. The van der Waals surface area contributed by atoms with Gasteiger partial charge in [0.25, 0.3) is 0 Å². The van der Waals surface area contributed by atoms with Crippen LogP contribution in [0.1, 0.15) is 43.4 Å². The van der Waals surface area contributed by atoms with Crippen LogP contribution in [0.25, 0.3) is 0 Å². The molecule has 31 heavy (non-hydrogen) atoms. The zero-order valence-corrected chi connectivity index (χ0v) is 18.8. The molecular weight excluding hydrogens is 374 g/mol. The average molecular weight is 408 g/mol. The molecular formula is C30H33N. The number of allylic oxidation sites excluding steroid dienone is 2. The lowest BCUT2D eigenvalue weighted by molar-refractivity contribution is 0.151. The molecule has 0 amide bonds. The lowest BCUT2D eigenvalue weighted by Crippen LogP contribution is -2.41. The third-order valence-electron chi connectivity index (χ3n) is 5.45. The summed E-state index contributed by atoms with van der Waals surface area (Å²) in [6.45, 7) is 6.21. The molecule has 3 aromatic carbocycles. The van der Waals surface area contributed by atoms with Gasteiger partial charge in [0, 0.05) is 19.5 Å². The zero-order chi connectivity index (χ0) is 21.8. The summed E-state index contributed by atoms with van der Waals surface area (Å²) in [5, 5.41) is 0. The fourth-order valence-electron chi connectivity index (χ4n) is 3.56. The van der Waals surface area contributed by atoms with Gasteiger partial charge in [-0.1, -0.05) is 115 Å². The smallest absolute Gasteiger partial charge is 0.0774 e. The fraction of sp³-hybridized carbons (Fsp3) is 0.267. The number of hydrogen-bond donors (Lipinski definition) is 0. The van der Waals surface area contributed by atoms with Crippen molar-refractivity contribution >= 4 is 0 Å². The maximum atomic E-state index is 3.53. The summed E-state index contributed by atoms with van der Waals surface area (Å²) in [7, 11) is 0. The summed E-state index contributed by atoms with van der Waals surface area (Å²) >= 11 is 0. The first-order valence-corrected chi connectivity index (χ1v) is 11.2. The van der Waals surface area contributed by atoms with E-state index in [1.54, 1.807) is 0 Å². The lowest BCUT2D eigenvalue weighted by atomic mass is 10.0. The van der Waals surface area contributed by atoms with Crippen molar-refractivity contribution in [3.63, 3.8) is 0 Å². The second kappa shape index (κ2) is 11.9. The van der Waals surface area contributed by atoms with Crippen LogP contribution in [-0.4, -0.2) is 10.4 Å². The van der Waals surface area contributed by atoms with Crippen LogP contribution in [-0.2, 0) is 19.5 Å². The Morgan fingerprint density at radius 2 is 1.16 bits per heavy atom. The van der Waals surface area contributed by atoms with Gasteiger partial charge < -0.3 is 0 Å². The van der Waals surface area contributed by atoms with Crippen LogP contribution in [0.2, 0.25) is 0 Å². The summed E-state index contributed by atoms with van der Waals surface area (Å²) in [6.07, 6.45) is 7.38. The van der Waals surface area contributed by atoms with Gasteiger partial charge in [0.05, 0.1) is 5.54 Å². The van der Waals surface area contributed by atoms with E-state index in [9.17, 15) is 0 Å². The molecule has 0 spiro atoms. The number of hydrogen-bond acceptors (Lipinski definition) is 1. The van der Waals surface area contributed by atoms with E-state index in [1.807, 2.05) is 0 Å². The Bertz CT molecular complexity index is 935. The molecule has 0 saturated heterocycles. The maximum Gasteiger partial charge on any atom is 0.0774 e. The van der Waals surface area contributed by atoms with Gasteiger partial charge in [-0.2, -0.15) is 0 Å². The highest BCUT2D eigenvalue weighted by Gasteiger charge is 2.24. The summed E-state index contributed by atoms with van der Waals surface area (Å²) in [4.78, 5) is 2.46. The van der Waals surface area contributed by atoms with E-state index in [4.69, 9.17) is 0 Å². The molecule has 1 nitrogen and oxygen atoms in total. The van der Waals surface area contributed by atoms with Crippen molar-refractivity contribution < 1.29 is 0 Å². The second-order valence-corrected chi connectivity index (χ2v) is 8.39. The molecule has 3 rings (SSSR count). The maximum absolute atomic E-state index is 3.53. The normalized spacial score (nSPS) is 11.5. The van der Waals surface area contributed by atoms with Gasteiger partial charge in [0.2, 0.25) is 0 Å². The molecule has 0 N–H and O–H groups in total. The molecule has 0 unspecified atom stereocenters. The largest absolute Gasteiger partial charge is 0.279 e. The van der Waals surface area contributed by atoms with E-state index in [1.165, 1.54) is 16.7 Å². The predicted octanol–water partition coefficient (Wildman–Crippen LogP) is 7.05. The molecule has 0 aliphatic carbocycles. The molecule has 0 radical (unpaired) electrons. The Morgan fingerprint density at radius 1 is 0.677 bits per heavy atom. The van der Waals surface area contributed by atoms with Crippen molar-refractivity contribution in [2.24, 2.45) is 0 Å². The Kier molecular flexibility index (Phi) is 8.71. The minimum absolute atomic E-state index is 0.219. The van der Waals surface area contributed by atoms with Gasteiger partial charge in [0.15, 0.2) is 0 Å². The third kappa shape index (κ3) is 7.93. The Hall–Kier alpha value is -3.08. The Labute approximate surface area is 188 Å². The van der Waals surface area contributed by atoms with Crippen LogP contribution in [0.4, 0.5) is 0 Å². The highest BCUT2D eigenvalue weighted by atomic mass is 15.2. The molecule has 0 fully saturated rings. The number of rotatable bonds is 9. The van der Waals surface area contributed by atoms with E-state index < -0.39 is 0 Å². The second-order valence-electron chi connectivity index (χ2n) is 8.39. The molecule has 0 atom stereocenters. The van der Waals surface area contributed by atoms with Gasteiger partial charge in [-0.15, -0.1) is 0 Å². The van der Waals surface area contributed by atoms with E-state index in [-0.39, 0.29) is 5.54 Å². The van der Waals surface area contributed by atoms with Crippen molar-refractivity contribution in [1.82, 2.24) is 4.90 Å². The Morgan fingerprint density at radius 3 is 1.68 bits per heavy atom. The van der Waals surface area contributed by atoms with Crippen LogP contribution < -0.4 is 0 Å². The molecule has 158 valence electrons. The molecule has 0 aromatic heterocycles. The first-order chi connectivity index (χ1) is 15.1. The van der Waals surface area contributed by atoms with Crippen molar-refractivity contribution in [1.29, 1.82) is 0 Å². The van der Waals surface area contributed by atoms with Crippen LogP contribution in [0.5, 0.6) is 0 Å². The van der Waals surface area contributed by atoms with Gasteiger partial charge in [-0.25, -0.2) is 0 Å². The number of aryl methyl sites for hydroxylation is 1. The van der Waals surface area contributed by atoms with E-state index in [0.717, 1.165) is 32.4 Å². The number of nitrogens with zero attached hydrogens (tertiary/aromatic N) is 1. The molecule has 0 bridgehead atoms. The SMILES string of the molecule is CC(C)(C#CC/C=C\CCc1ccccc1)N(Cc1ccccc1)Cc1ccccc1. The number of benzene rings is 3. The van der Waals surface area contributed by atoms with Gasteiger partial charge in [-0.3, -0.25) is 4.90 Å². The summed E-state index contributed by atoms with van der Waals surface area (Å²) in [5.74, 6) is 6.93. The van der Waals surface area contributed by atoms with Crippen molar-refractivity contribution in [2.45, 2.75) is 51.7 Å². The van der Waals surface area contributed by atoms with E-state index in [0.29, 0.717) is 0 Å². The third-order valence-corrected chi connectivity index (χ3v) is 5.45. The Balaban J connectivity index is 1.60. The topological polar surface area (TPSA) is 3.24 Å². The zero-order valence-electron chi connectivity index (χ0n) is 18.8. The average Bonchev–Trinajstić information content (AvgIpc) is 2.80. The van der Waals surface area contributed by atoms with Crippen molar-refractivity contribution in [2.75, 3.05) is 0 Å². The monoisotopic (exact) mass is 407 g/mol. The molecule has 0 heterocycles. The lowest BCUT2D eigenvalue weighted by Gasteiger charge is -2.35. The quantitative estimate of drug-likeness (QED) is 0.271. The summed E-state index contributed by atoms with van der Waals surface area (Å²) in [5.41, 5.74) is 3.80. The standard InChI is InChI=1S/C30H33N/c1-30(2,24-16-5-3-4-9-17-27-18-10-6-11-19-27)31(25-28-20-12-7-13-21-28)26-29-22-14-8-15-23-29/h3-4,6-8,10-15,18-23H,5,9,17,25-26H2,1-2H3/b4-3-. The van der Waals surface area contributed by atoms with Crippen LogP contribution >= 0.6 is 0 Å². The molecule has 0 saturated carbocycles. The first-order valence-electron chi connectivity index (χ1n) is 11.2. The van der Waals surface area contributed by atoms with Crippen LogP contribution in [0, 0.1) is 11.8 Å². The summed E-state index contributed by atoms with van der Waals surface area (Å²) in [6, 6.07) is 32.0. The predicted molar refractivity (Wildman–Crippen MR) is 133 cm³/mol. The van der Waals surface area contributed by atoms with Gasteiger partial charge in [0.1, 0.15) is 0 Å². The summed E-state index contributed by atoms with van der Waals surface area (Å²) < 4.78 is 0. The molecule has 1 heteroatoms. The van der Waals surface area contributed by atoms with E-state index in [2.05, 4.69) is 134 Å². The van der Waals surface area contributed by atoms with Gasteiger partial charge in [-0.05, 0) is 43.4 Å². The molecule has 0 aliphatic heterocycles. The van der Waals surface area contributed by atoms with Crippen LogP contribution in [0.3, 0.4) is 0 Å². The van der Waals surface area contributed by atoms with Gasteiger partial charge >= 0.3 is 0 Å². The van der Waals surface area contributed by atoms with Crippen LogP contribution in [0.15, 0.2) is 103 Å². The first kappa shape index (κ1) is 22.6. The van der Waals surface area contributed by atoms with E-state index >= 15 is 0 Å². The fourth-order valence-corrected chi connectivity index (χ4v) is 3.56. The minimum Gasteiger partial charge on any atom is -0.279 e. The molecule has 3 aromatic rings. The highest BCUT2D eigenvalue weighted by molar-refractivity contribution is 5.22. The van der Waals surface area contributed by atoms with Crippen molar-refractivity contribution in [3.8, 4) is 11.8 Å². The highest BCUT2D eigenvalue weighted by Crippen LogP contribution is 2.21. The van der Waals surface area contributed by atoms with Crippen molar-refractivity contribution in [3.05, 3.63) is 120 Å².